The molecule has 0 radical (unpaired) electrons. The molecule has 6 heteroatoms. The molecule has 2 rings (SSSR count). The summed E-state index contributed by atoms with van der Waals surface area (Å²) in [7, 11) is 0. The molecule has 0 unspecified atom stereocenters. The van der Waals surface area contributed by atoms with Crippen molar-refractivity contribution in [3.63, 3.8) is 0 Å². The highest BCUT2D eigenvalue weighted by Gasteiger charge is 2.25. The molecule has 6 nitrogen and oxygen atoms in total. The Morgan fingerprint density at radius 2 is 2.46 bits per heavy atom. The van der Waals surface area contributed by atoms with Gasteiger partial charge in [-0.05, 0) is 11.8 Å². The molecule has 0 fully saturated rings. The zero-order chi connectivity index (χ0) is 9.42. The van der Waals surface area contributed by atoms with Gasteiger partial charge in [-0.2, -0.15) is 4.68 Å². The van der Waals surface area contributed by atoms with Crippen molar-refractivity contribution < 1.29 is 4.92 Å². The van der Waals surface area contributed by atoms with E-state index in [1.807, 2.05) is 0 Å². The molecule has 1 aliphatic heterocycles. The first-order valence-electron chi connectivity index (χ1n) is 4.11. The quantitative estimate of drug-likeness (QED) is 0.497. The molecule has 0 spiro atoms. The molecular formula is C7H10N4O2. The van der Waals surface area contributed by atoms with Gasteiger partial charge in [-0.3, -0.25) is 0 Å². The van der Waals surface area contributed by atoms with Gasteiger partial charge in [-0.15, -0.1) is 0 Å². The van der Waals surface area contributed by atoms with Crippen LogP contribution in [0, 0.1) is 17.0 Å². The summed E-state index contributed by atoms with van der Waals surface area (Å²) in [5.74, 6) is -0.0151. The number of fused-ring (bicyclic) bond motifs is 1. The van der Waals surface area contributed by atoms with Crippen molar-refractivity contribution in [3.05, 3.63) is 21.4 Å². The lowest BCUT2D eigenvalue weighted by Gasteiger charge is -2.11. The Balaban J connectivity index is 2.50. The van der Waals surface area contributed by atoms with E-state index in [2.05, 4.69) is 10.4 Å². The van der Waals surface area contributed by atoms with E-state index in [0.29, 0.717) is 18.7 Å². The fraction of sp³-hybridized carbons (Fsp3) is 0.571. The van der Waals surface area contributed by atoms with Crippen molar-refractivity contribution >= 4 is 5.82 Å². The number of nitrogens with one attached hydrogen (secondary N) is 1. The highest BCUT2D eigenvalue weighted by atomic mass is 16.6. The average molecular weight is 182 g/mol. The third kappa shape index (κ3) is 1.19. The number of nitro groups is 1. The van der Waals surface area contributed by atoms with Gasteiger partial charge in [-0.25, -0.2) is 0 Å². The largest absolute Gasteiger partial charge is 0.393 e. The van der Waals surface area contributed by atoms with E-state index in [4.69, 9.17) is 0 Å². The number of nitrogens with zero attached hydrogens (tertiary/aromatic N) is 3. The molecule has 1 aromatic rings. The van der Waals surface area contributed by atoms with E-state index >= 15 is 0 Å². The summed E-state index contributed by atoms with van der Waals surface area (Å²) < 4.78 is 1.71. The lowest BCUT2D eigenvalue weighted by molar-refractivity contribution is -0.390. The second-order valence-electron chi connectivity index (χ2n) is 3.05. The lowest BCUT2D eigenvalue weighted by atomic mass is 10.2. The smallest absolute Gasteiger partial charge is 0.358 e. The summed E-state index contributed by atoms with van der Waals surface area (Å²) in [6.45, 7) is 3.95. The maximum Gasteiger partial charge on any atom is 0.393 e. The summed E-state index contributed by atoms with van der Waals surface area (Å²) in [6, 6.07) is 0. The van der Waals surface area contributed by atoms with E-state index in [9.17, 15) is 10.1 Å². The van der Waals surface area contributed by atoms with Crippen LogP contribution in [-0.2, 0) is 13.1 Å². The highest BCUT2D eigenvalue weighted by molar-refractivity contribution is 5.35. The molecule has 0 amide bonds. The van der Waals surface area contributed by atoms with Crippen molar-refractivity contribution in [1.29, 1.82) is 0 Å². The van der Waals surface area contributed by atoms with Gasteiger partial charge in [0.25, 0.3) is 0 Å². The van der Waals surface area contributed by atoms with Gasteiger partial charge in [0, 0.05) is 13.1 Å². The minimum Gasteiger partial charge on any atom is -0.358 e. The number of aromatic nitrogens is 2. The molecule has 0 aromatic carbocycles. The van der Waals surface area contributed by atoms with Gasteiger partial charge < -0.3 is 15.4 Å². The van der Waals surface area contributed by atoms with Crippen molar-refractivity contribution in [2.24, 2.45) is 0 Å². The van der Waals surface area contributed by atoms with Crippen LogP contribution in [0.5, 0.6) is 0 Å². The lowest BCUT2D eigenvalue weighted by Crippen LogP contribution is -2.28. The SMILES string of the molecule is Cc1c([N+](=O)[O-])nn2c1CNCC2. The van der Waals surface area contributed by atoms with Crippen LogP contribution in [0.3, 0.4) is 0 Å². The molecule has 2 heterocycles. The third-order valence-electron chi connectivity index (χ3n) is 2.26. The van der Waals surface area contributed by atoms with E-state index in [1.165, 1.54) is 0 Å². The van der Waals surface area contributed by atoms with Crippen molar-refractivity contribution in [2.45, 2.75) is 20.0 Å². The second-order valence-corrected chi connectivity index (χ2v) is 3.05. The van der Waals surface area contributed by atoms with Gasteiger partial charge in [0.1, 0.15) is 0 Å². The predicted molar refractivity (Wildman–Crippen MR) is 45.3 cm³/mol. The van der Waals surface area contributed by atoms with E-state index in [0.717, 1.165) is 12.2 Å². The first kappa shape index (κ1) is 8.18. The van der Waals surface area contributed by atoms with Crippen LogP contribution in [-0.4, -0.2) is 21.2 Å². The Hall–Kier alpha value is -1.43. The minimum absolute atomic E-state index is 0.0151. The first-order valence-corrected chi connectivity index (χ1v) is 4.11. The highest BCUT2D eigenvalue weighted by Crippen LogP contribution is 2.21. The van der Waals surface area contributed by atoms with E-state index in [-0.39, 0.29) is 5.82 Å². The monoisotopic (exact) mass is 182 g/mol. The fourth-order valence-corrected chi connectivity index (χ4v) is 1.55. The molecule has 0 saturated heterocycles. The van der Waals surface area contributed by atoms with Gasteiger partial charge in [0.15, 0.2) is 0 Å². The van der Waals surface area contributed by atoms with Crippen LogP contribution in [0.1, 0.15) is 11.3 Å². The van der Waals surface area contributed by atoms with Crippen LogP contribution in [0.25, 0.3) is 0 Å². The van der Waals surface area contributed by atoms with Crippen LogP contribution in [0.4, 0.5) is 5.82 Å². The first-order chi connectivity index (χ1) is 6.20. The van der Waals surface area contributed by atoms with Gasteiger partial charge in [0.05, 0.1) is 22.9 Å². The third-order valence-corrected chi connectivity index (χ3v) is 2.26. The second kappa shape index (κ2) is 2.81. The molecule has 1 aromatic heterocycles. The Bertz CT molecular complexity index is 358. The number of hydrogen-bond donors (Lipinski definition) is 1. The van der Waals surface area contributed by atoms with Gasteiger partial charge in [0.2, 0.25) is 0 Å². The molecule has 0 atom stereocenters. The van der Waals surface area contributed by atoms with Crippen molar-refractivity contribution in [1.82, 2.24) is 15.1 Å². The maximum absolute atomic E-state index is 10.5. The standard InChI is InChI=1S/C7H10N4O2/c1-5-6-4-8-2-3-10(6)9-7(5)11(12)13/h8H,2-4H2,1H3. The molecule has 1 N–H and O–H groups in total. The van der Waals surface area contributed by atoms with E-state index < -0.39 is 4.92 Å². The minimum atomic E-state index is -0.430. The van der Waals surface area contributed by atoms with Crippen molar-refractivity contribution in [2.75, 3.05) is 6.54 Å². The summed E-state index contributed by atoms with van der Waals surface area (Å²) >= 11 is 0. The Kier molecular flexibility index (Phi) is 1.77. The fourth-order valence-electron chi connectivity index (χ4n) is 1.55. The summed E-state index contributed by atoms with van der Waals surface area (Å²) in [5.41, 5.74) is 1.61. The van der Waals surface area contributed by atoms with Gasteiger partial charge in [-0.1, -0.05) is 0 Å². The normalized spacial score (nSPS) is 15.5. The predicted octanol–water partition coefficient (Wildman–Crippen LogP) is 0.203. The molecule has 1 aliphatic rings. The Morgan fingerprint density at radius 3 is 3.08 bits per heavy atom. The van der Waals surface area contributed by atoms with Crippen LogP contribution < -0.4 is 5.32 Å². The molecule has 0 bridgehead atoms. The van der Waals surface area contributed by atoms with Crippen LogP contribution in [0.15, 0.2) is 0 Å². The van der Waals surface area contributed by atoms with Crippen molar-refractivity contribution in [3.8, 4) is 0 Å². The van der Waals surface area contributed by atoms with E-state index in [1.54, 1.807) is 11.6 Å². The molecule has 70 valence electrons. The Morgan fingerprint density at radius 1 is 1.69 bits per heavy atom. The summed E-state index contributed by atoms with van der Waals surface area (Å²) in [4.78, 5) is 10.1. The zero-order valence-electron chi connectivity index (χ0n) is 7.28. The van der Waals surface area contributed by atoms with Gasteiger partial charge >= 0.3 is 5.82 Å². The zero-order valence-corrected chi connectivity index (χ0v) is 7.28. The summed E-state index contributed by atoms with van der Waals surface area (Å²) in [5, 5.41) is 17.6. The Labute approximate surface area is 74.7 Å². The maximum atomic E-state index is 10.5. The summed E-state index contributed by atoms with van der Waals surface area (Å²) in [6.07, 6.45) is 0. The molecule has 13 heavy (non-hydrogen) atoms. The molecule has 0 aliphatic carbocycles. The topological polar surface area (TPSA) is 73.0 Å². The molecule has 0 saturated carbocycles. The molecular weight excluding hydrogens is 172 g/mol. The van der Waals surface area contributed by atoms with Crippen LogP contribution >= 0.6 is 0 Å². The number of hydrogen-bond acceptors (Lipinski definition) is 4. The average Bonchev–Trinajstić information content (AvgIpc) is 2.45. The number of rotatable bonds is 1. The van der Waals surface area contributed by atoms with Crippen LogP contribution in [0.2, 0.25) is 0 Å².